The van der Waals surface area contributed by atoms with Gasteiger partial charge < -0.3 is 15.3 Å². The molecule has 1 aliphatic rings. The third-order valence-corrected chi connectivity index (χ3v) is 4.67. The van der Waals surface area contributed by atoms with Crippen molar-refractivity contribution in [1.82, 2.24) is 0 Å². The van der Waals surface area contributed by atoms with Crippen LogP contribution in [0.1, 0.15) is 40.5 Å². The first kappa shape index (κ1) is 16.2. The smallest absolute Gasteiger partial charge is 0.0606 e. The number of anilines is 2. The Bertz CT molecular complexity index is 441. The molecule has 3 heteroatoms. The summed E-state index contributed by atoms with van der Waals surface area (Å²) in [6.07, 6.45) is 2.53. The summed E-state index contributed by atoms with van der Waals surface area (Å²) in [6.45, 7) is 11.0. The minimum Gasteiger partial charge on any atom is -0.395 e. The van der Waals surface area contributed by atoms with Gasteiger partial charge in [-0.25, -0.2) is 0 Å². The van der Waals surface area contributed by atoms with E-state index in [1.807, 2.05) is 0 Å². The Labute approximate surface area is 129 Å². The van der Waals surface area contributed by atoms with Crippen molar-refractivity contribution < 1.29 is 5.11 Å². The van der Waals surface area contributed by atoms with E-state index in [0.29, 0.717) is 18.0 Å². The Kier molecular flexibility index (Phi) is 5.15. The van der Waals surface area contributed by atoms with E-state index < -0.39 is 0 Å². The van der Waals surface area contributed by atoms with E-state index >= 15 is 0 Å². The van der Waals surface area contributed by atoms with Crippen molar-refractivity contribution in [2.24, 2.45) is 11.3 Å². The van der Waals surface area contributed by atoms with E-state index in [-0.39, 0.29) is 6.61 Å². The summed E-state index contributed by atoms with van der Waals surface area (Å²) in [6, 6.07) is 9.19. The normalized spacial score (nSPS) is 24.0. The molecule has 0 amide bonds. The van der Waals surface area contributed by atoms with Crippen molar-refractivity contribution in [2.75, 3.05) is 29.9 Å². The number of aliphatic hydroxyl groups excluding tert-OH is 1. The molecule has 1 aromatic carbocycles. The second kappa shape index (κ2) is 6.69. The van der Waals surface area contributed by atoms with E-state index in [1.54, 1.807) is 0 Å². The third kappa shape index (κ3) is 4.13. The van der Waals surface area contributed by atoms with E-state index in [4.69, 9.17) is 5.11 Å². The van der Waals surface area contributed by atoms with Gasteiger partial charge in [-0.2, -0.15) is 0 Å². The molecule has 3 nitrogen and oxygen atoms in total. The molecule has 1 aromatic rings. The molecule has 1 fully saturated rings. The lowest BCUT2D eigenvalue weighted by atomic mass is 9.91. The number of rotatable bonds is 6. The van der Waals surface area contributed by atoms with Crippen molar-refractivity contribution in [1.29, 1.82) is 0 Å². The van der Waals surface area contributed by atoms with Gasteiger partial charge in [-0.15, -0.1) is 0 Å². The Morgan fingerprint density at radius 2 is 1.90 bits per heavy atom. The number of likely N-dealkylation sites (N-methyl/N-ethyl adjacent to an activating group) is 1. The molecule has 0 bridgehead atoms. The van der Waals surface area contributed by atoms with Crippen LogP contribution in [0, 0.1) is 11.3 Å². The molecule has 2 unspecified atom stereocenters. The molecule has 2 rings (SSSR count). The molecule has 2 N–H and O–H groups in total. The van der Waals surface area contributed by atoms with E-state index in [2.05, 4.69) is 62.2 Å². The van der Waals surface area contributed by atoms with Crippen LogP contribution in [-0.2, 0) is 0 Å². The van der Waals surface area contributed by atoms with Crippen LogP contribution in [0.4, 0.5) is 11.4 Å². The first-order chi connectivity index (χ1) is 9.95. The van der Waals surface area contributed by atoms with E-state index in [1.165, 1.54) is 24.2 Å². The maximum atomic E-state index is 9.10. The lowest BCUT2D eigenvalue weighted by Gasteiger charge is -2.23. The number of nitrogens with zero attached hydrogens (tertiary/aromatic N) is 1. The maximum Gasteiger partial charge on any atom is 0.0606 e. The molecule has 1 saturated carbocycles. The summed E-state index contributed by atoms with van der Waals surface area (Å²) in [5, 5.41) is 12.8. The summed E-state index contributed by atoms with van der Waals surface area (Å²) >= 11 is 0. The van der Waals surface area contributed by atoms with Crippen LogP contribution in [0.3, 0.4) is 0 Å². The van der Waals surface area contributed by atoms with E-state index in [9.17, 15) is 0 Å². The zero-order valence-electron chi connectivity index (χ0n) is 13.9. The SMILES string of the molecule is CCN(CCO)c1ccc(NC2CC(C)(C)CC2C)cc1. The summed E-state index contributed by atoms with van der Waals surface area (Å²) < 4.78 is 0. The molecule has 0 spiro atoms. The van der Waals surface area contributed by atoms with Gasteiger partial charge in [0.15, 0.2) is 0 Å². The largest absolute Gasteiger partial charge is 0.395 e. The highest BCUT2D eigenvalue weighted by Crippen LogP contribution is 2.42. The van der Waals surface area contributed by atoms with Gasteiger partial charge >= 0.3 is 0 Å². The average Bonchev–Trinajstić information content (AvgIpc) is 2.70. The van der Waals surface area contributed by atoms with Gasteiger partial charge in [-0.3, -0.25) is 0 Å². The van der Waals surface area contributed by atoms with Gasteiger partial charge in [0, 0.05) is 30.5 Å². The van der Waals surface area contributed by atoms with Crippen molar-refractivity contribution in [3.05, 3.63) is 24.3 Å². The summed E-state index contributed by atoms with van der Waals surface area (Å²) in [7, 11) is 0. The Morgan fingerprint density at radius 1 is 1.24 bits per heavy atom. The predicted molar refractivity (Wildman–Crippen MR) is 91.0 cm³/mol. The maximum absolute atomic E-state index is 9.10. The number of aliphatic hydroxyl groups is 1. The molecule has 0 heterocycles. The van der Waals surface area contributed by atoms with Crippen LogP contribution in [0.5, 0.6) is 0 Å². The molecule has 0 aromatic heterocycles. The molecular weight excluding hydrogens is 260 g/mol. The Hall–Kier alpha value is -1.22. The van der Waals surface area contributed by atoms with Crippen molar-refractivity contribution in [3.63, 3.8) is 0 Å². The first-order valence-corrected chi connectivity index (χ1v) is 8.17. The van der Waals surface area contributed by atoms with Gasteiger partial charge in [0.05, 0.1) is 6.61 Å². The molecule has 0 radical (unpaired) electrons. The summed E-state index contributed by atoms with van der Waals surface area (Å²) in [5.74, 6) is 0.723. The minimum atomic E-state index is 0.197. The quantitative estimate of drug-likeness (QED) is 0.837. The zero-order chi connectivity index (χ0) is 15.5. The van der Waals surface area contributed by atoms with Crippen molar-refractivity contribution in [3.8, 4) is 0 Å². The molecule has 0 saturated heterocycles. The fourth-order valence-electron chi connectivity index (χ4n) is 3.66. The minimum absolute atomic E-state index is 0.197. The Balaban J connectivity index is 1.99. The second-order valence-electron chi connectivity index (χ2n) is 7.15. The van der Waals surface area contributed by atoms with Crippen molar-refractivity contribution in [2.45, 2.75) is 46.6 Å². The summed E-state index contributed by atoms with van der Waals surface area (Å²) in [5.41, 5.74) is 2.84. The number of benzene rings is 1. The van der Waals surface area contributed by atoms with E-state index in [0.717, 1.165) is 12.5 Å². The zero-order valence-corrected chi connectivity index (χ0v) is 13.9. The monoisotopic (exact) mass is 290 g/mol. The molecule has 118 valence electrons. The molecule has 21 heavy (non-hydrogen) atoms. The first-order valence-electron chi connectivity index (χ1n) is 8.17. The topological polar surface area (TPSA) is 35.5 Å². The number of hydrogen-bond acceptors (Lipinski definition) is 3. The van der Waals surface area contributed by atoms with Crippen LogP contribution < -0.4 is 10.2 Å². The molecule has 1 aliphatic carbocycles. The van der Waals surface area contributed by atoms with Gasteiger partial charge in [-0.05, 0) is 55.4 Å². The van der Waals surface area contributed by atoms with Gasteiger partial charge in [0.2, 0.25) is 0 Å². The highest BCUT2D eigenvalue weighted by Gasteiger charge is 2.36. The van der Waals surface area contributed by atoms with Crippen molar-refractivity contribution >= 4 is 11.4 Å². The molecule has 2 atom stereocenters. The highest BCUT2D eigenvalue weighted by molar-refractivity contribution is 5.55. The van der Waals surface area contributed by atoms with Crippen LogP contribution in [0.25, 0.3) is 0 Å². The summed E-state index contributed by atoms with van der Waals surface area (Å²) in [4.78, 5) is 2.19. The average molecular weight is 290 g/mol. The number of hydrogen-bond donors (Lipinski definition) is 2. The third-order valence-electron chi connectivity index (χ3n) is 4.67. The van der Waals surface area contributed by atoms with Crippen LogP contribution >= 0.6 is 0 Å². The predicted octanol–water partition coefficient (Wildman–Crippen LogP) is 3.74. The van der Waals surface area contributed by atoms with Crippen LogP contribution in [-0.4, -0.2) is 30.8 Å². The highest BCUT2D eigenvalue weighted by atomic mass is 16.3. The standard InChI is InChI=1S/C18H30N2O/c1-5-20(10-11-21)16-8-6-15(7-9-16)19-17-13-18(3,4)12-14(17)2/h6-9,14,17,19,21H,5,10-13H2,1-4H3. The second-order valence-corrected chi connectivity index (χ2v) is 7.15. The van der Waals surface area contributed by atoms with Gasteiger partial charge in [-0.1, -0.05) is 20.8 Å². The van der Waals surface area contributed by atoms with Gasteiger partial charge in [0.1, 0.15) is 0 Å². The number of nitrogens with one attached hydrogen (secondary N) is 1. The fourth-order valence-corrected chi connectivity index (χ4v) is 3.66. The lowest BCUT2D eigenvalue weighted by molar-refractivity contribution is 0.302. The molecule has 0 aliphatic heterocycles. The Morgan fingerprint density at radius 3 is 2.38 bits per heavy atom. The molecular formula is C18H30N2O. The lowest BCUT2D eigenvalue weighted by Crippen LogP contribution is -2.26. The van der Waals surface area contributed by atoms with Gasteiger partial charge in [0.25, 0.3) is 0 Å². The van der Waals surface area contributed by atoms with Crippen LogP contribution in [0.2, 0.25) is 0 Å². The van der Waals surface area contributed by atoms with Crippen LogP contribution in [0.15, 0.2) is 24.3 Å². The fraction of sp³-hybridized carbons (Fsp3) is 0.667.